The molecule has 0 aromatic carbocycles. The largest absolute Gasteiger partial charge is 0.448 e. The van der Waals surface area contributed by atoms with E-state index in [1.165, 1.54) is 0 Å². The maximum absolute atomic E-state index is 5.77. The number of aromatic nitrogens is 3. The molecular weight excluding hydrogens is 272 g/mol. The second kappa shape index (κ2) is 3.34. The zero-order valence-corrected chi connectivity index (χ0v) is 9.68. The summed E-state index contributed by atoms with van der Waals surface area (Å²) in [5.74, 6) is 1.22. The molecule has 0 amide bonds. The molecule has 3 rings (SSSR count). The molecule has 0 saturated carbocycles. The normalized spacial score (nSPS) is 11.1. The van der Waals surface area contributed by atoms with Gasteiger partial charge in [-0.3, -0.25) is 0 Å². The molecule has 16 heavy (non-hydrogen) atoms. The maximum Gasteiger partial charge on any atom is 0.169 e. The van der Waals surface area contributed by atoms with Crippen molar-refractivity contribution in [2.45, 2.75) is 0 Å². The van der Waals surface area contributed by atoms with Crippen molar-refractivity contribution >= 4 is 27.4 Å². The van der Waals surface area contributed by atoms with Gasteiger partial charge < -0.3 is 10.2 Å². The number of halogens is 1. The molecule has 0 bridgehead atoms. The van der Waals surface area contributed by atoms with Gasteiger partial charge in [0, 0.05) is 12.3 Å². The Kier molecular flexibility index (Phi) is 1.97. The van der Waals surface area contributed by atoms with Crippen LogP contribution in [0, 0.1) is 0 Å². The van der Waals surface area contributed by atoms with E-state index < -0.39 is 0 Å². The van der Waals surface area contributed by atoms with Gasteiger partial charge in [0.2, 0.25) is 0 Å². The Bertz CT molecular complexity index is 658. The van der Waals surface area contributed by atoms with E-state index in [1.807, 2.05) is 18.2 Å². The fourth-order valence-corrected chi connectivity index (χ4v) is 1.79. The second-order valence-electron chi connectivity index (χ2n) is 3.27. The molecule has 6 heteroatoms. The SMILES string of the molecule is Nc1ccnc2cc(-c3ccc(Br)o3)nn12. The molecule has 0 fully saturated rings. The van der Waals surface area contributed by atoms with Crippen LogP contribution in [-0.2, 0) is 0 Å². The van der Waals surface area contributed by atoms with Gasteiger partial charge >= 0.3 is 0 Å². The highest BCUT2D eigenvalue weighted by atomic mass is 79.9. The van der Waals surface area contributed by atoms with Gasteiger partial charge in [-0.15, -0.1) is 0 Å². The molecule has 3 aromatic heterocycles. The van der Waals surface area contributed by atoms with Crippen LogP contribution < -0.4 is 5.73 Å². The van der Waals surface area contributed by atoms with E-state index in [1.54, 1.807) is 16.8 Å². The van der Waals surface area contributed by atoms with Crippen LogP contribution >= 0.6 is 15.9 Å². The van der Waals surface area contributed by atoms with Crippen LogP contribution in [0.5, 0.6) is 0 Å². The van der Waals surface area contributed by atoms with Gasteiger partial charge in [-0.25, -0.2) is 4.98 Å². The number of nitrogens with zero attached hydrogens (tertiary/aromatic N) is 3. The van der Waals surface area contributed by atoms with Crippen molar-refractivity contribution in [2.75, 3.05) is 5.73 Å². The van der Waals surface area contributed by atoms with Gasteiger partial charge in [0.25, 0.3) is 0 Å². The average Bonchev–Trinajstić information content (AvgIpc) is 2.84. The topological polar surface area (TPSA) is 69.3 Å². The van der Waals surface area contributed by atoms with Crippen molar-refractivity contribution in [1.82, 2.24) is 14.6 Å². The number of fused-ring (bicyclic) bond motifs is 1. The van der Waals surface area contributed by atoms with E-state index in [-0.39, 0.29) is 0 Å². The summed E-state index contributed by atoms with van der Waals surface area (Å²) in [7, 11) is 0. The van der Waals surface area contributed by atoms with Crippen LogP contribution in [0.2, 0.25) is 0 Å². The fourth-order valence-electron chi connectivity index (χ4n) is 1.49. The van der Waals surface area contributed by atoms with Gasteiger partial charge in [-0.1, -0.05) is 0 Å². The second-order valence-corrected chi connectivity index (χ2v) is 4.05. The van der Waals surface area contributed by atoms with Crippen molar-refractivity contribution in [1.29, 1.82) is 0 Å². The first kappa shape index (κ1) is 9.41. The Labute approximate surface area is 99.0 Å². The Morgan fingerprint density at radius 3 is 2.88 bits per heavy atom. The Morgan fingerprint density at radius 2 is 2.19 bits per heavy atom. The van der Waals surface area contributed by atoms with Crippen molar-refractivity contribution < 1.29 is 4.42 Å². The summed E-state index contributed by atoms with van der Waals surface area (Å²) in [5.41, 5.74) is 7.17. The lowest BCUT2D eigenvalue weighted by Gasteiger charge is -1.94. The minimum Gasteiger partial charge on any atom is -0.448 e. The van der Waals surface area contributed by atoms with E-state index in [0.717, 1.165) is 0 Å². The first-order chi connectivity index (χ1) is 7.74. The van der Waals surface area contributed by atoms with Crippen molar-refractivity contribution in [2.24, 2.45) is 0 Å². The fraction of sp³-hybridized carbons (Fsp3) is 0. The standard InChI is InChI=1S/C10H7BrN4O/c11-8-2-1-7(16-8)6-5-10-13-4-3-9(12)15(10)14-6/h1-5H,12H2. The number of hydrogen-bond acceptors (Lipinski definition) is 4. The quantitative estimate of drug-likeness (QED) is 0.742. The smallest absolute Gasteiger partial charge is 0.169 e. The average molecular weight is 279 g/mol. The van der Waals surface area contributed by atoms with Crippen LogP contribution in [0.25, 0.3) is 17.1 Å². The van der Waals surface area contributed by atoms with Gasteiger partial charge in [-0.05, 0) is 34.1 Å². The minimum atomic E-state index is 0.543. The number of nitrogen functional groups attached to an aromatic ring is 1. The Hall–Kier alpha value is -1.82. The minimum absolute atomic E-state index is 0.543. The third-order valence-corrected chi connectivity index (χ3v) is 2.64. The summed E-state index contributed by atoms with van der Waals surface area (Å²) in [6.07, 6.45) is 1.65. The molecule has 0 aliphatic carbocycles. The highest BCUT2D eigenvalue weighted by Gasteiger charge is 2.09. The van der Waals surface area contributed by atoms with Crippen molar-refractivity contribution in [3.8, 4) is 11.5 Å². The molecule has 5 nitrogen and oxygen atoms in total. The van der Waals surface area contributed by atoms with E-state index >= 15 is 0 Å². The highest BCUT2D eigenvalue weighted by molar-refractivity contribution is 9.10. The van der Waals surface area contributed by atoms with Gasteiger partial charge in [0.1, 0.15) is 11.5 Å². The first-order valence-corrected chi connectivity index (χ1v) is 5.39. The zero-order chi connectivity index (χ0) is 11.1. The third-order valence-electron chi connectivity index (χ3n) is 2.21. The van der Waals surface area contributed by atoms with Crippen molar-refractivity contribution in [3.05, 3.63) is 35.1 Å². The molecule has 0 spiro atoms. The van der Waals surface area contributed by atoms with E-state index in [9.17, 15) is 0 Å². The van der Waals surface area contributed by atoms with Gasteiger partial charge in [-0.2, -0.15) is 9.61 Å². The monoisotopic (exact) mass is 278 g/mol. The summed E-state index contributed by atoms with van der Waals surface area (Å²) in [5, 5.41) is 4.31. The highest BCUT2D eigenvalue weighted by Crippen LogP contribution is 2.24. The van der Waals surface area contributed by atoms with Crippen LogP contribution in [-0.4, -0.2) is 14.6 Å². The van der Waals surface area contributed by atoms with Crippen LogP contribution in [0.4, 0.5) is 5.82 Å². The Balaban J connectivity index is 2.22. The van der Waals surface area contributed by atoms with Crippen molar-refractivity contribution in [3.63, 3.8) is 0 Å². The molecule has 0 unspecified atom stereocenters. The molecule has 0 aliphatic rings. The molecule has 80 valence electrons. The zero-order valence-electron chi connectivity index (χ0n) is 8.09. The van der Waals surface area contributed by atoms with E-state index in [0.29, 0.717) is 27.6 Å². The molecular formula is C10H7BrN4O. The number of rotatable bonds is 1. The first-order valence-electron chi connectivity index (χ1n) is 4.60. The lowest BCUT2D eigenvalue weighted by atomic mass is 10.3. The lowest BCUT2D eigenvalue weighted by Crippen LogP contribution is -1.98. The number of furan rings is 1. The molecule has 3 heterocycles. The molecule has 0 saturated heterocycles. The summed E-state index contributed by atoms with van der Waals surface area (Å²) < 4.78 is 7.65. The molecule has 0 aliphatic heterocycles. The number of nitrogens with two attached hydrogens (primary N) is 1. The molecule has 2 N–H and O–H groups in total. The maximum atomic E-state index is 5.77. The third kappa shape index (κ3) is 1.38. The van der Waals surface area contributed by atoms with Crippen LogP contribution in [0.3, 0.4) is 0 Å². The Morgan fingerprint density at radius 1 is 1.31 bits per heavy atom. The lowest BCUT2D eigenvalue weighted by molar-refractivity contribution is 0.553. The van der Waals surface area contributed by atoms with Gasteiger partial charge in [0.05, 0.1) is 0 Å². The van der Waals surface area contributed by atoms with Crippen LogP contribution in [0.1, 0.15) is 0 Å². The van der Waals surface area contributed by atoms with E-state index in [4.69, 9.17) is 10.2 Å². The summed E-state index contributed by atoms with van der Waals surface area (Å²) in [6, 6.07) is 7.17. The number of anilines is 1. The predicted octanol–water partition coefficient (Wildman–Crippen LogP) is 2.33. The predicted molar refractivity (Wildman–Crippen MR) is 62.8 cm³/mol. The summed E-state index contributed by atoms with van der Waals surface area (Å²) >= 11 is 3.25. The van der Waals surface area contributed by atoms with Crippen LogP contribution in [0.15, 0.2) is 39.5 Å². The molecule has 3 aromatic rings. The number of hydrogen-bond donors (Lipinski definition) is 1. The summed E-state index contributed by atoms with van der Waals surface area (Å²) in [6.45, 7) is 0. The molecule has 0 radical (unpaired) electrons. The molecule has 0 atom stereocenters. The van der Waals surface area contributed by atoms with E-state index in [2.05, 4.69) is 26.0 Å². The summed E-state index contributed by atoms with van der Waals surface area (Å²) in [4.78, 5) is 4.16. The van der Waals surface area contributed by atoms with Gasteiger partial charge in [0.15, 0.2) is 16.1 Å².